The van der Waals surface area contributed by atoms with Gasteiger partial charge < -0.3 is 10.4 Å². The van der Waals surface area contributed by atoms with Gasteiger partial charge in [-0.1, -0.05) is 0 Å². The van der Waals surface area contributed by atoms with Crippen molar-refractivity contribution in [1.29, 1.82) is 0 Å². The molecule has 1 aromatic rings. The lowest BCUT2D eigenvalue weighted by Crippen LogP contribution is -2.16. The largest absolute Gasteiger partial charge is 0.391 e. The molecule has 0 saturated carbocycles. The van der Waals surface area contributed by atoms with Crippen molar-refractivity contribution in [2.75, 3.05) is 13.1 Å². The first-order chi connectivity index (χ1) is 5.77. The molecule has 1 aliphatic rings. The highest BCUT2D eigenvalue weighted by molar-refractivity contribution is 7.09. The van der Waals surface area contributed by atoms with Gasteiger partial charge in [0.05, 0.1) is 16.8 Å². The summed E-state index contributed by atoms with van der Waals surface area (Å²) in [7, 11) is 0. The summed E-state index contributed by atoms with van der Waals surface area (Å²) in [6.45, 7) is 3.54. The quantitative estimate of drug-likeness (QED) is 0.668. The first-order valence-electron chi connectivity index (χ1n) is 4.08. The highest BCUT2D eigenvalue weighted by Gasteiger charge is 2.27. The summed E-state index contributed by atoms with van der Waals surface area (Å²) >= 11 is 1.64. The molecule has 1 aliphatic heterocycles. The predicted molar refractivity (Wildman–Crippen MR) is 48.5 cm³/mol. The third kappa shape index (κ3) is 1.37. The van der Waals surface area contributed by atoms with E-state index in [0.717, 1.165) is 17.2 Å². The Morgan fingerprint density at radius 3 is 3.00 bits per heavy atom. The SMILES string of the molecule is Cc1nc([C@@H]2CNC[C@H]2O)cs1. The fourth-order valence-electron chi connectivity index (χ4n) is 1.52. The summed E-state index contributed by atoms with van der Waals surface area (Å²) in [5.41, 5.74) is 1.04. The van der Waals surface area contributed by atoms with Gasteiger partial charge in [0, 0.05) is 24.4 Å². The van der Waals surface area contributed by atoms with E-state index in [1.54, 1.807) is 11.3 Å². The van der Waals surface area contributed by atoms with Gasteiger partial charge in [-0.15, -0.1) is 11.3 Å². The van der Waals surface area contributed by atoms with E-state index in [2.05, 4.69) is 10.3 Å². The zero-order chi connectivity index (χ0) is 8.55. The lowest BCUT2D eigenvalue weighted by Gasteiger charge is -2.09. The minimum absolute atomic E-state index is 0.204. The van der Waals surface area contributed by atoms with Crippen LogP contribution in [0.5, 0.6) is 0 Å². The van der Waals surface area contributed by atoms with Crippen LogP contribution in [0.3, 0.4) is 0 Å². The third-order valence-electron chi connectivity index (χ3n) is 2.20. The van der Waals surface area contributed by atoms with Crippen LogP contribution in [0, 0.1) is 6.92 Å². The lowest BCUT2D eigenvalue weighted by molar-refractivity contribution is 0.176. The fourth-order valence-corrected chi connectivity index (χ4v) is 2.19. The molecule has 1 fully saturated rings. The first-order valence-corrected chi connectivity index (χ1v) is 4.96. The van der Waals surface area contributed by atoms with Crippen molar-refractivity contribution < 1.29 is 5.11 Å². The Labute approximate surface area is 75.5 Å². The second-order valence-corrected chi connectivity index (χ2v) is 4.19. The number of aryl methyl sites for hydroxylation is 1. The van der Waals surface area contributed by atoms with E-state index < -0.39 is 0 Å². The molecule has 0 bridgehead atoms. The summed E-state index contributed by atoms with van der Waals surface area (Å²) in [5, 5.41) is 15.8. The monoisotopic (exact) mass is 184 g/mol. The molecule has 3 nitrogen and oxygen atoms in total. The topological polar surface area (TPSA) is 45.2 Å². The van der Waals surface area contributed by atoms with E-state index >= 15 is 0 Å². The van der Waals surface area contributed by atoms with Crippen molar-refractivity contribution in [3.05, 3.63) is 16.1 Å². The molecule has 2 N–H and O–H groups in total. The molecule has 2 atom stereocenters. The van der Waals surface area contributed by atoms with Crippen LogP contribution in [0.1, 0.15) is 16.6 Å². The number of aliphatic hydroxyl groups is 1. The third-order valence-corrected chi connectivity index (χ3v) is 2.99. The fraction of sp³-hybridized carbons (Fsp3) is 0.625. The molecule has 0 amide bonds. The summed E-state index contributed by atoms with van der Waals surface area (Å²) in [5.74, 6) is 0.204. The van der Waals surface area contributed by atoms with Crippen LogP contribution in [0.15, 0.2) is 5.38 Å². The average Bonchev–Trinajstić information content (AvgIpc) is 2.58. The van der Waals surface area contributed by atoms with E-state index in [1.807, 2.05) is 12.3 Å². The lowest BCUT2D eigenvalue weighted by atomic mass is 10.0. The summed E-state index contributed by atoms with van der Waals surface area (Å²) in [6.07, 6.45) is -0.258. The van der Waals surface area contributed by atoms with Gasteiger partial charge in [-0.2, -0.15) is 0 Å². The molecule has 1 aromatic heterocycles. The molecule has 4 heteroatoms. The van der Waals surface area contributed by atoms with E-state index in [-0.39, 0.29) is 12.0 Å². The van der Waals surface area contributed by atoms with Crippen molar-refractivity contribution in [2.45, 2.75) is 18.9 Å². The van der Waals surface area contributed by atoms with Gasteiger partial charge >= 0.3 is 0 Å². The Balaban J connectivity index is 2.19. The van der Waals surface area contributed by atoms with E-state index in [4.69, 9.17) is 0 Å². The standard InChI is InChI=1S/C8H12N2OS/c1-5-10-7(4-12-5)6-2-9-3-8(6)11/h4,6,8-9,11H,2-3H2,1H3/t6-,8+/m0/s1. The Kier molecular flexibility index (Phi) is 2.12. The molecule has 0 unspecified atom stereocenters. The summed E-state index contributed by atoms with van der Waals surface area (Å²) in [6, 6.07) is 0. The number of thiazole rings is 1. The van der Waals surface area contributed by atoms with Gasteiger partial charge in [0.2, 0.25) is 0 Å². The molecule has 1 saturated heterocycles. The smallest absolute Gasteiger partial charge is 0.0897 e. The van der Waals surface area contributed by atoms with Gasteiger partial charge in [0.25, 0.3) is 0 Å². The summed E-state index contributed by atoms with van der Waals surface area (Å²) in [4.78, 5) is 4.36. The molecule has 66 valence electrons. The minimum atomic E-state index is -0.258. The molecule has 0 aliphatic carbocycles. The first kappa shape index (κ1) is 8.16. The van der Waals surface area contributed by atoms with Crippen molar-refractivity contribution in [3.63, 3.8) is 0 Å². The van der Waals surface area contributed by atoms with Gasteiger partial charge in [-0.05, 0) is 6.92 Å². The van der Waals surface area contributed by atoms with E-state index in [9.17, 15) is 5.11 Å². The summed E-state index contributed by atoms with van der Waals surface area (Å²) < 4.78 is 0. The van der Waals surface area contributed by atoms with E-state index in [1.165, 1.54) is 0 Å². The van der Waals surface area contributed by atoms with Crippen molar-refractivity contribution >= 4 is 11.3 Å². The van der Waals surface area contributed by atoms with Crippen LogP contribution in [-0.2, 0) is 0 Å². The Morgan fingerprint density at radius 2 is 2.50 bits per heavy atom. The number of aromatic nitrogens is 1. The zero-order valence-corrected chi connectivity index (χ0v) is 7.77. The van der Waals surface area contributed by atoms with Crippen LogP contribution in [0.25, 0.3) is 0 Å². The highest BCUT2D eigenvalue weighted by Crippen LogP contribution is 2.23. The maximum atomic E-state index is 9.55. The predicted octanol–water partition coefficient (Wildman–Crippen LogP) is 0.499. The second kappa shape index (κ2) is 3.12. The van der Waals surface area contributed by atoms with Crippen LogP contribution in [-0.4, -0.2) is 29.3 Å². The average molecular weight is 184 g/mol. The van der Waals surface area contributed by atoms with Crippen molar-refractivity contribution in [3.8, 4) is 0 Å². The van der Waals surface area contributed by atoms with Gasteiger partial charge in [-0.3, -0.25) is 0 Å². The molecule has 0 aromatic carbocycles. The van der Waals surface area contributed by atoms with Crippen LogP contribution < -0.4 is 5.32 Å². The number of β-amino-alcohol motifs (C(OH)–C–C–N with tert-alkyl or cyclic N) is 1. The number of hydrogen-bond donors (Lipinski definition) is 2. The molecule has 0 spiro atoms. The number of hydrogen-bond acceptors (Lipinski definition) is 4. The zero-order valence-electron chi connectivity index (χ0n) is 6.95. The van der Waals surface area contributed by atoms with Crippen LogP contribution >= 0.6 is 11.3 Å². The minimum Gasteiger partial charge on any atom is -0.391 e. The number of aliphatic hydroxyl groups excluding tert-OH is 1. The Morgan fingerprint density at radius 1 is 1.67 bits per heavy atom. The van der Waals surface area contributed by atoms with Gasteiger partial charge in [0.15, 0.2) is 0 Å². The number of rotatable bonds is 1. The maximum absolute atomic E-state index is 9.55. The van der Waals surface area contributed by atoms with Crippen LogP contribution in [0.4, 0.5) is 0 Å². The maximum Gasteiger partial charge on any atom is 0.0897 e. The molecule has 0 radical (unpaired) electrons. The second-order valence-electron chi connectivity index (χ2n) is 3.12. The number of nitrogens with zero attached hydrogens (tertiary/aromatic N) is 1. The normalized spacial score (nSPS) is 29.5. The number of nitrogens with one attached hydrogen (secondary N) is 1. The van der Waals surface area contributed by atoms with Crippen molar-refractivity contribution in [2.24, 2.45) is 0 Å². The van der Waals surface area contributed by atoms with Gasteiger partial charge in [0.1, 0.15) is 0 Å². The highest BCUT2D eigenvalue weighted by atomic mass is 32.1. The van der Waals surface area contributed by atoms with Crippen molar-refractivity contribution in [1.82, 2.24) is 10.3 Å². The molecule has 2 rings (SSSR count). The van der Waals surface area contributed by atoms with Crippen LogP contribution in [0.2, 0.25) is 0 Å². The molecular formula is C8H12N2OS. The molecular weight excluding hydrogens is 172 g/mol. The molecule has 12 heavy (non-hydrogen) atoms. The Bertz CT molecular complexity index is 274. The molecule has 2 heterocycles. The van der Waals surface area contributed by atoms with Gasteiger partial charge in [-0.25, -0.2) is 4.98 Å². The Hall–Kier alpha value is -0.450. The van der Waals surface area contributed by atoms with E-state index in [0.29, 0.717) is 6.54 Å².